The van der Waals surface area contributed by atoms with Crippen molar-refractivity contribution in [3.63, 3.8) is 0 Å². The van der Waals surface area contributed by atoms with Crippen molar-refractivity contribution in [3.8, 4) is 5.75 Å². The normalized spacial score (nSPS) is 22.2. The molecule has 1 fully saturated rings. The molecule has 96 valence electrons. The Morgan fingerprint density at radius 3 is 2.78 bits per heavy atom. The standard InChI is InChI=1S/C14H17NO3/c16-14(15-8-4-1-5-9-15)18-13-10-11-6-2-3-7-12(11)17-13/h2-3,6-7,13H,1,4-5,8-10H2. The molecule has 1 atom stereocenters. The monoisotopic (exact) mass is 247 g/mol. The summed E-state index contributed by atoms with van der Waals surface area (Å²) in [6.07, 6.45) is 3.29. The van der Waals surface area contributed by atoms with Crippen LogP contribution in [0.1, 0.15) is 24.8 Å². The third-order valence-electron chi connectivity index (χ3n) is 3.46. The number of hydrogen-bond donors (Lipinski definition) is 0. The fourth-order valence-electron chi connectivity index (χ4n) is 2.48. The van der Waals surface area contributed by atoms with Crippen molar-refractivity contribution < 1.29 is 14.3 Å². The molecule has 4 nitrogen and oxygen atoms in total. The highest BCUT2D eigenvalue weighted by Gasteiger charge is 2.28. The molecule has 2 heterocycles. The lowest BCUT2D eigenvalue weighted by atomic mass is 10.1. The zero-order valence-corrected chi connectivity index (χ0v) is 10.3. The summed E-state index contributed by atoms with van der Waals surface area (Å²) in [7, 11) is 0. The van der Waals surface area contributed by atoms with E-state index in [4.69, 9.17) is 9.47 Å². The molecular formula is C14H17NO3. The molecule has 1 aromatic carbocycles. The van der Waals surface area contributed by atoms with Gasteiger partial charge in [0.05, 0.1) is 6.42 Å². The first-order chi connectivity index (χ1) is 8.83. The molecule has 1 amide bonds. The van der Waals surface area contributed by atoms with E-state index in [0.29, 0.717) is 6.42 Å². The van der Waals surface area contributed by atoms with Crippen molar-refractivity contribution in [2.45, 2.75) is 32.0 Å². The first kappa shape index (κ1) is 11.4. The van der Waals surface area contributed by atoms with Crippen LogP contribution in [-0.4, -0.2) is 30.4 Å². The highest BCUT2D eigenvalue weighted by atomic mass is 16.7. The maximum Gasteiger partial charge on any atom is 0.412 e. The van der Waals surface area contributed by atoms with Crippen LogP contribution in [0.5, 0.6) is 5.75 Å². The molecule has 4 heteroatoms. The summed E-state index contributed by atoms with van der Waals surface area (Å²) in [6, 6.07) is 7.80. The fourth-order valence-corrected chi connectivity index (χ4v) is 2.48. The van der Waals surface area contributed by atoms with Gasteiger partial charge in [0.2, 0.25) is 6.29 Å². The number of para-hydroxylation sites is 1. The summed E-state index contributed by atoms with van der Waals surface area (Å²) in [5.41, 5.74) is 1.11. The number of fused-ring (bicyclic) bond motifs is 1. The predicted octanol–water partition coefficient (Wildman–Crippen LogP) is 2.57. The minimum atomic E-state index is -0.461. The van der Waals surface area contributed by atoms with E-state index in [9.17, 15) is 4.79 Å². The van der Waals surface area contributed by atoms with E-state index in [-0.39, 0.29) is 6.09 Å². The van der Waals surface area contributed by atoms with Crippen molar-refractivity contribution in [3.05, 3.63) is 29.8 Å². The van der Waals surface area contributed by atoms with Crippen molar-refractivity contribution >= 4 is 6.09 Å². The zero-order valence-electron chi connectivity index (χ0n) is 10.3. The maximum atomic E-state index is 11.9. The molecule has 0 aromatic heterocycles. The summed E-state index contributed by atoms with van der Waals surface area (Å²) < 4.78 is 11.0. The lowest BCUT2D eigenvalue weighted by Gasteiger charge is -2.26. The summed E-state index contributed by atoms with van der Waals surface area (Å²) >= 11 is 0. The van der Waals surface area contributed by atoms with Crippen molar-refractivity contribution in [1.82, 2.24) is 4.90 Å². The van der Waals surface area contributed by atoms with E-state index in [1.165, 1.54) is 6.42 Å². The number of amides is 1. The summed E-state index contributed by atoms with van der Waals surface area (Å²) in [5.74, 6) is 0.828. The third kappa shape index (κ3) is 2.28. The molecule has 1 unspecified atom stereocenters. The van der Waals surface area contributed by atoms with Crippen LogP contribution < -0.4 is 4.74 Å². The van der Waals surface area contributed by atoms with Gasteiger partial charge in [-0.2, -0.15) is 0 Å². The molecule has 0 aliphatic carbocycles. The Bertz CT molecular complexity index is 415. The van der Waals surface area contributed by atoms with Gasteiger partial charge < -0.3 is 14.4 Å². The number of carbonyl (C=O) groups excluding carboxylic acids is 1. The highest BCUT2D eigenvalue weighted by molar-refractivity contribution is 5.68. The minimum Gasteiger partial charge on any atom is -0.454 e. The predicted molar refractivity (Wildman–Crippen MR) is 66.5 cm³/mol. The minimum absolute atomic E-state index is 0.243. The molecule has 3 rings (SSSR count). The molecular weight excluding hydrogens is 230 g/mol. The summed E-state index contributed by atoms with van der Waals surface area (Å²) in [6.45, 7) is 1.61. The van der Waals surface area contributed by atoms with Gasteiger partial charge in [0.25, 0.3) is 0 Å². The number of hydrogen-bond acceptors (Lipinski definition) is 3. The molecule has 1 aromatic rings. The first-order valence-corrected chi connectivity index (χ1v) is 6.53. The van der Waals surface area contributed by atoms with Gasteiger partial charge in [-0.3, -0.25) is 0 Å². The molecule has 0 N–H and O–H groups in total. The third-order valence-corrected chi connectivity index (χ3v) is 3.46. The summed E-state index contributed by atoms with van der Waals surface area (Å²) in [4.78, 5) is 13.7. The molecule has 0 saturated carbocycles. The van der Waals surface area contributed by atoms with Gasteiger partial charge in [-0.15, -0.1) is 0 Å². The number of piperidine rings is 1. The van der Waals surface area contributed by atoms with Gasteiger partial charge >= 0.3 is 6.09 Å². The fraction of sp³-hybridized carbons (Fsp3) is 0.500. The number of rotatable bonds is 1. The number of ether oxygens (including phenoxy) is 2. The molecule has 1 saturated heterocycles. The number of benzene rings is 1. The second-order valence-corrected chi connectivity index (χ2v) is 4.79. The van der Waals surface area contributed by atoms with Crippen LogP contribution in [0.3, 0.4) is 0 Å². The van der Waals surface area contributed by atoms with E-state index in [1.807, 2.05) is 24.3 Å². The second-order valence-electron chi connectivity index (χ2n) is 4.79. The van der Waals surface area contributed by atoms with Crippen LogP contribution in [0.15, 0.2) is 24.3 Å². The Morgan fingerprint density at radius 1 is 1.22 bits per heavy atom. The number of nitrogens with zero attached hydrogens (tertiary/aromatic N) is 1. The Kier molecular flexibility index (Phi) is 3.09. The van der Waals surface area contributed by atoms with Crippen LogP contribution in [0.2, 0.25) is 0 Å². The molecule has 18 heavy (non-hydrogen) atoms. The van der Waals surface area contributed by atoms with Gasteiger partial charge in [-0.25, -0.2) is 4.79 Å². The van der Waals surface area contributed by atoms with Gasteiger partial charge in [0, 0.05) is 18.7 Å². The lowest BCUT2D eigenvalue weighted by Crippen LogP contribution is -2.38. The largest absolute Gasteiger partial charge is 0.454 e. The average molecular weight is 247 g/mol. The van der Waals surface area contributed by atoms with Gasteiger partial charge in [0.1, 0.15) is 5.75 Å². The molecule has 2 aliphatic rings. The Morgan fingerprint density at radius 2 is 2.00 bits per heavy atom. The van der Waals surface area contributed by atoms with Crippen LogP contribution >= 0.6 is 0 Å². The average Bonchev–Trinajstić information content (AvgIpc) is 2.82. The van der Waals surface area contributed by atoms with E-state index in [1.54, 1.807) is 4.90 Å². The van der Waals surface area contributed by atoms with E-state index in [2.05, 4.69) is 0 Å². The van der Waals surface area contributed by atoms with Crippen LogP contribution in [0.25, 0.3) is 0 Å². The van der Waals surface area contributed by atoms with Crippen LogP contribution in [0.4, 0.5) is 4.79 Å². The van der Waals surface area contributed by atoms with Crippen molar-refractivity contribution in [2.24, 2.45) is 0 Å². The molecule has 0 radical (unpaired) electrons. The Labute approximate surface area is 106 Å². The molecule has 0 bridgehead atoms. The van der Waals surface area contributed by atoms with Gasteiger partial charge in [-0.05, 0) is 25.3 Å². The smallest absolute Gasteiger partial charge is 0.412 e. The van der Waals surface area contributed by atoms with E-state index < -0.39 is 6.29 Å². The molecule has 2 aliphatic heterocycles. The quantitative estimate of drug-likeness (QED) is 0.765. The van der Waals surface area contributed by atoms with Crippen LogP contribution in [0, 0.1) is 0 Å². The molecule has 0 spiro atoms. The van der Waals surface area contributed by atoms with Crippen molar-refractivity contribution in [2.75, 3.05) is 13.1 Å². The van der Waals surface area contributed by atoms with Gasteiger partial charge in [0.15, 0.2) is 0 Å². The summed E-state index contributed by atoms with van der Waals surface area (Å²) in [5, 5.41) is 0. The lowest BCUT2D eigenvalue weighted by molar-refractivity contribution is -0.0338. The number of likely N-dealkylation sites (tertiary alicyclic amines) is 1. The van der Waals surface area contributed by atoms with E-state index >= 15 is 0 Å². The Balaban J connectivity index is 1.57. The SMILES string of the molecule is O=C(OC1Cc2ccccc2O1)N1CCCCC1. The topological polar surface area (TPSA) is 38.8 Å². The van der Waals surface area contributed by atoms with Crippen molar-refractivity contribution in [1.29, 1.82) is 0 Å². The van der Waals surface area contributed by atoms with Gasteiger partial charge in [-0.1, -0.05) is 18.2 Å². The maximum absolute atomic E-state index is 11.9. The highest BCUT2D eigenvalue weighted by Crippen LogP contribution is 2.29. The first-order valence-electron chi connectivity index (χ1n) is 6.53. The van der Waals surface area contributed by atoms with Crippen LogP contribution in [-0.2, 0) is 11.2 Å². The number of carbonyl (C=O) groups is 1. The van der Waals surface area contributed by atoms with E-state index in [0.717, 1.165) is 37.2 Å². The Hall–Kier alpha value is -1.71. The zero-order chi connectivity index (χ0) is 12.4. The second kappa shape index (κ2) is 4.88.